The summed E-state index contributed by atoms with van der Waals surface area (Å²) in [6.07, 6.45) is 3.67. The molecule has 0 radical (unpaired) electrons. The lowest BCUT2D eigenvalue weighted by atomic mass is 10.1. The fourth-order valence-corrected chi connectivity index (χ4v) is 1.49. The van der Waals surface area contributed by atoms with Crippen molar-refractivity contribution in [1.82, 2.24) is 4.98 Å². The molecule has 3 nitrogen and oxygen atoms in total. The Balaban J connectivity index is 2.53. The summed E-state index contributed by atoms with van der Waals surface area (Å²) in [6.45, 7) is 6.32. The van der Waals surface area contributed by atoms with Crippen molar-refractivity contribution >= 4 is 11.5 Å². The highest BCUT2D eigenvalue weighted by molar-refractivity contribution is 5.49. The lowest BCUT2D eigenvalue weighted by Crippen LogP contribution is -2.16. The molecule has 0 fully saturated rings. The molecule has 0 saturated carbocycles. The van der Waals surface area contributed by atoms with E-state index in [0.717, 1.165) is 17.2 Å². The van der Waals surface area contributed by atoms with E-state index >= 15 is 0 Å². The van der Waals surface area contributed by atoms with Gasteiger partial charge < -0.3 is 11.1 Å². The third kappa shape index (κ3) is 3.78. The molecule has 0 bridgehead atoms. The number of rotatable bonds is 5. The second-order valence-electron chi connectivity index (χ2n) is 4.06. The van der Waals surface area contributed by atoms with Gasteiger partial charge in [-0.15, -0.1) is 0 Å². The first-order chi connectivity index (χ1) is 7.13. The predicted octanol–water partition coefficient (Wildman–Crippen LogP) is 2.96. The van der Waals surface area contributed by atoms with Gasteiger partial charge in [-0.25, -0.2) is 4.98 Å². The van der Waals surface area contributed by atoms with Crippen molar-refractivity contribution < 1.29 is 0 Å². The van der Waals surface area contributed by atoms with Crippen LogP contribution >= 0.6 is 0 Å². The Labute approximate surface area is 92.1 Å². The maximum absolute atomic E-state index is 5.71. The van der Waals surface area contributed by atoms with Crippen LogP contribution < -0.4 is 11.1 Å². The predicted molar refractivity (Wildman–Crippen MR) is 66.0 cm³/mol. The molecule has 1 aromatic rings. The van der Waals surface area contributed by atoms with Gasteiger partial charge in [0.15, 0.2) is 0 Å². The minimum Gasteiger partial charge on any atom is -0.397 e. The molecule has 0 aliphatic carbocycles. The van der Waals surface area contributed by atoms with Gasteiger partial charge in [0.05, 0.1) is 11.4 Å². The van der Waals surface area contributed by atoms with Crippen LogP contribution in [0.1, 0.15) is 38.8 Å². The molecule has 3 heteroatoms. The molecule has 3 N–H and O–H groups in total. The molecular weight excluding hydrogens is 186 g/mol. The minimum atomic E-state index is 0.473. The summed E-state index contributed by atoms with van der Waals surface area (Å²) in [5.74, 6) is 0.922. The number of hydrogen-bond donors (Lipinski definition) is 2. The van der Waals surface area contributed by atoms with Gasteiger partial charge in [0.25, 0.3) is 0 Å². The van der Waals surface area contributed by atoms with Crippen molar-refractivity contribution in [3.8, 4) is 0 Å². The first-order valence-corrected chi connectivity index (χ1v) is 5.63. The molecule has 1 aromatic heterocycles. The third-order valence-corrected chi connectivity index (χ3v) is 2.51. The number of anilines is 2. The summed E-state index contributed by atoms with van der Waals surface area (Å²) in [4.78, 5) is 4.38. The number of aryl methyl sites for hydroxylation is 1. The van der Waals surface area contributed by atoms with Crippen LogP contribution in [0.15, 0.2) is 12.1 Å². The van der Waals surface area contributed by atoms with E-state index in [1.807, 2.05) is 19.1 Å². The highest BCUT2D eigenvalue weighted by Gasteiger charge is 2.03. The van der Waals surface area contributed by atoms with E-state index in [2.05, 4.69) is 24.1 Å². The first kappa shape index (κ1) is 11.8. The van der Waals surface area contributed by atoms with Crippen LogP contribution in [0.3, 0.4) is 0 Å². The molecule has 1 atom stereocenters. The summed E-state index contributed by atoms with van der Waals surface area (Å²) in [5.41, 5.74) is 7.35. The number of nitrogens with zero attached hydrogens (tertiary/aromatic N) is 1. The van der Waals surface area contributed by atoms with Crippen LogP contribution in [0.2, 0.25) is 0 Å². The first-order valence-electron chi connectivity index (χ1n) is 5.63. The number of unbranched alkanes of at least 4 members (excludes halogenated alkanes) is 1. The number of nitrogens with two attached hydrogens (primary N) is 1. The average Bonchev–Trinajstić information content (AvgIpc) is 2.20. The molecule has 0 saturated heterocycles. The zero-order chi connectivity index (χ0) is 11.3. The molecule has 1 unspecified atom stereocenters. The smallest absolute Gasteiger partial charge is 0.126 e. The van der Waals surface area contributed by atoms with E-state index in [4.69, 9.17) is 5.73 Å². The van der Waals surface area contributed by atoms with Crippen LogP contribution in [-0.2, 0) is 0 Å². The Bertz CT molecular complexity index is 310. The van der Waals surface area contributed by atoms with E-state index in [0.29, 0.717) is 6.04 Å². The highest BCUT2D eigenvalue weighted by Crippen LogP contribution is 2.13. The molecule has 1 heterocycles. The van der Waals surface area contributed by atoms with E-state index in [-0.39, 0.29) is 0 Å². The van der Waals surface area contributed by atoms with Gasteiger partial charge in [0.2, 0.25) is 0 Å². The highest BCUT2D eigenvalue weighted by atomic mass is 15.0. The standard InChI is InChI=1S/C12H21N3/c1-4-5-6-9(2)14-12-8-7-11(13)10(3)15-12/h7-9H,4-6,13H2,1-3H3,(H,14,15). The Kier molecular flexibility index (Phi) is 4.40. The summed E-state index contributed by atoms with van der Waals surface area (Å²) in [5, 5.41) is 3.38. The zero-order valence-corrected chi connectivity index (χ0v) is 9.88. The van der Waals surface area contributed by atoms with Crippen molar-refractivity contribution in [2.24, 2.45) is 0 Å². The summed E-state index contributed by atoms with van der Waals surface area (Å²) in [6, 6.07) is 4.31. The lowest BCUT2D eigenvalue weighted by Gasteiger charge is -2.14. The second-order valence-corrected chi connectivity index (χ2v) is 4.06. The van der Waals surface area contributed by atoms with Crippen LogP contribution in [0.25, 0.3) is 0 Å². The van der Waals surface area contributed by atoms with Gasteiger partial charge in [-0.05, 0) is 32.4 Å². The molecule has 0 aliphatic heterocycles. The fourth-order valence-electron chi connectivity index (χ4n) is 1.49. The molecule has 0 aliphatic rings. The molecule has 0 aromatic carbocycles. The quantitative estimate of drug-likeness (QED) is 0.780. The lowest BCUT2D eigenvalue weighted by molar-refractivity contribution is 0.643. The van der Waals surface area contributed by atoms with E-state index in [1.165, 1.54) is 19.3 Å². The molecular formula is C12H21N3. The van der Waals surface area contributed by atoms with Gasteiger partial charge in [-0.1, -0.05) is 19.8 Å². The summed E-state index contributed by atoms with van der Waals surface area (Å²) in [7, 11) is 0. The minimum absolute atomic E-state index is 0.473. The fraction of sp³-hybridized carbons (Fsp3) is 0.583. The normalized spacial score (nSPS) is 12.5. The Morgan fingerprint density at radius 2 is 2.20 bits per heavy atom. The number of hydrogen-bond acceptors (Lipinski definition) is 3. The van der Waals surface area contributed by atoms with Crippen LogP contribution in [0.5, 0.6) is 0 Å². The van der Waals surface area contributed by atoms with E-state index in [1.54, 1.807) is 0 Å². The molecule has 0 spiro atoms. The Morgan fingerprint density at radius 3 is 2.80 bits per heavy atom. The SMILES string of the molecule is CCCCC(C)Nc1ccc(N)c(C)n1. The molecule has 1 rings (SSSR count). The van der Waals surface area contributed by atoms with Gasteiger partial charge in [0, 0.05) is 6.04 Å². The largest absolute Gasteiger partial charge is 0.397 e. The average molecular weight is 207 g/mol. The van der Waals surface area contributed by atoms with Gasteiger partial charge in [0.1, 0.15) is 5.82 Å². The number of pyridine rings is 1. The van der Waals surface area contributed by atoms with Crippen molar-refractivity contribution in [3.63, 3.8) is 0 Å². The maximum atomic E-state index is 5.71. The van der Waals surface area contributed by atoms with Crippen LogP contribution in [0.4, 0.5) is 11.5 Å². The second kappa shape index (κ2) is 5.59. The van der Waals surface area contributed by atoms with E-state index in [9.17, 15) is 0 Å². The zero-order valence-electron chi connectivity index (χ0n) is 9.88. The molecule has 15 heavy (non-hydrogen) atoms. The molecule has 0 amide bonds. The summed E-state index contributed by atoms with van der Waals surface area (Å²) < 4.78 is 0. The number of aromatic nitrogens is 1. The Hall–Kier alpha value is -1.25. The van der Waals surface area contributed by atoms with Gasteiger partial charge in [-0.2, -0.15) is 0 Å². The van der Waals surface area contributed by atoms with Gasteiger partial charge in [-0.3, -0.25) is 0 Å². The Morgan fingerprint density at radius 1 is 1.47 bits per heavy atom. The van der Waals surface area contributed by atoms with Gasteiger partial charge >= 0.3 is 0 Å². The van der Waals surface area contributed by atoms with Crippen molar-refractivity contribution in [3.05, 3.63) is 17.8 Å². The topological polar surface area (TPSA) is 50.9 Å². The molecule has 84 valence electrons. The van der Waals surface area contributed by atoms with E-state index < -0.39 is 0 Å². The monoisotopic (exact) mass is 207 g/mol. The van der Waals surface area contributed by atoms with Crippen molar-refractivity contribution in [1.29, 1.82) is 0 Å². The summed E-state index contributed by atoms with van der Waals surface area (Å²) >= 11 is 0. The number of nitrogen functional groups attached to an aromatic ring is 1. The van der Waals surface area contributed by atoms with Crippen molar-refractivity contribution in [2.75, 3.05) is 11.1 Å². The third-order valence-electron chi connectivity index (χ3n) is 2.51. The van der Waals surface area contributed by atoms with Crippen LogP contribution in [0, 0.1) is 6.92 Å². The van der Waals surface area contributed by atoms with Crippen molar-refractivity contribution in [2.45, 2.75) is 46.1 Å². The van der Waals surface area contributed by atoms with Crippen LogP contribution in [-0.4, -0.2) is 11.0 Å². The maximum Gasteiger partial charge on any atom is 0.126 e. The number of nitrogens with one attached hydrogen (secondary N) is 1.